The van der Waals surface area contributed by atoms with Crippen LogP contribution in [0.25, 0.3) is 0 Å². The molecular weight excluding hydrogens is 196 g/mol. The van der Waals surface area contributed by atoms with Crippen molar-refractivity contribution in [3.8, 4) is 0 Å². The van der Waals surface area contributed by atoms with Crippen LogP contribution in [0.1, 0.15) is 24.0 Å². The maximum atomic E-state index is 3.45. The Hall–Kier alpha value is -0.860. The fraction of sp³-hybridized carbons (Fsp3) is 0.571. The first-order valence-corrected chi connectivity index (χ1v) is 6.10. The number of hydrogen-bond acceptors (Lipinski definition) is 2. The Labute approximate surface area is 98.7 Å². The van der Waals surface area contributed by atoms with Gasteiger partial charge in [-0.25, -0.2) is 0 Å². The second kappa shape index (κ2) is 4.56. The molecule has 2 rings (SSSR count). The van der Waals surface area contributed by atoms with Gasteiger partial charge >= 0.3 is 0 Å². The topological polar surface area (TPSA) is 15.3 Å². The molecule has 0 spiro atoms. The van der Waals surface area contributed by atoms with Gasteiger partial charge in [0.1, 0.15) is 0 Å². The van der Waals surface area contributed by atoms with Gasteiger partial charge in [-0.1, -0.05) is 29.8 Å². The molecule has 1 heterocycles. The van der Waals surface area contributed by atoms with Crippen molar-refractivity contribution in [3.05, 3.63) is 35.4 Å². The van der Waals surface area contributed by atoms with Gasteiger partial charge < -0.3 is 5.32 Å². The summed E-state index contributed by atoms with van der Waals surface area (Å²) in [4.78, 5) is 2.39. The Morgan fingerprint density at radius 2 is 1.88 bits per heavy atom. The summed E-state index contributed by atoms with van der Waals surface area (Å²) in [6, 6.07) is 8.97. The molecule has 1 aromatic rings. The lowest BCUT2D eigenvalue weighted by Crippen LogP contribution is -2.49. The Morgan fingerprint density at radius 3 is 2.44 bits per heavy atom. The van der Waals surface area contributed by atoms with Gasteiger partial charge in [0.2, 0.25) is 0 Å². The number of nitrogens with zero attached hydrogens (tertiary/aromatic N) is 1. The van der Waals surface area contributed by atoms with Crippen LogP contribution in [0.15, 0.2) is 24.3 Å². The maximum Gasteiger partial charge on any atom is 0.0479 e. The highest BCUT2D eigenvalue weighted by Crippen LogP contribution is 2.35. The van der Waals surface area contributed by atoms with E-state index in [1.165, 1.54) is 24.0 Å². The molecule has 1 aromatic carbocycles. The summed E-state index contributed by atoms with van der Waals surface area (Å²) in [6.07, 6.45) is 2.40. The minimum atomic E-state index is 0.233. The number of benzene rings is 1. The Kier molecular flexibility index (Phi) is 3.31. The lowest BCUT2D eigenvalue weighted by atomic mass is 9.80. The lowest BCUT2D eigenvalue weighted by Gasteiger charge is -2.44. The fourth-order valence-electron chi connectivity index (χ4n) is 2.77. The molecule has 2 nitrogen and oxygen atoms in total. The van der Waals surface area contributed by atoms with Crippen molar-refractivity contribution < 1.29 is 0 Å². The quantitative estimate of drug-likeness (QED) is 0.818. The molecule has 2 heteroatoms. The van der Waals surface area contributed by atoms with Crippen LogP contribution < -0.4 is 5.32 Å². The van der Waals surface area contributed by atoms with Gasteiger partial charge in [-0.2, -0.15) is 0 Å². The fourth-order valence-corrected chi connectivity index (χ4v) is 2.77. The minimum Gasteiger partial charge on any atom is -0.317 e. The lowest BCUT2D eigenvalue weighted by molar-refractivity contribution is 0.107. The first-order chi connectivity index (χ1) is 7.65. The van der Waals surface area contributed by atoms with E-state index in [-0.39, 0.29) is 5.54 Å². The van der Waals surface area contributed by atoms with E-state index in [1.807, 2.05) is 0 Å². The highest BCUT2D eigenvalue weighted by molar-refractivity contribution is 5.29. The van der Waals surface area contributed by atoms with E-state index in [9.17, 15) is 0 Å². The zero-order valence-electron chi connectivity index (χ0n) is 10.6. The number of hydrogen-bond donors (Lipinski definition) is 1. The van der Waals surface area contributed by atoms with Crippen LogP contribution in [0.3, 0.4) is 0 Å². The van der Waals surface area contributed by atoms with Gasteiger partial charge in [-0.15, -0.1) is 0 Å². The van der Waals surface area contributed by atoms with Crippen molar-refractivity contribution in [2.45, 2.75) is 25.3 Å². The van der Waals surface area contributed by atoms with Crippen molar-refractivity contribution in [1.82, 2.24) is 10.2 Å². The average Bonchev–Trinajstić information content (AvgIpc) is 2.30. The van der Waals surface area contributed by atoms with Crippen LogP contribution in [-0.2, 0) is 5.54 Å². The molecule has 0 aliphatic carbocycles. The molecule has 1 fully saturated rings. The van der Waals surface area contributed by atoms with Crippen LogP contribution in [0, 0.1) is 6.92 Å². The van der Waals surface area contributed by atoms with Gasteiger partial charge in [0.15, 0.2) is 0 Å². The summed E-state index contributed by atoms with van der Waals surface area (Å²) in [7, 11) is 4.40. The molecule has 0 radical (unpaired) electrons. The van der Waals surface area contributed by atoms with Crippen LogP contribution in [-0.4, -0.2) is 32.1 Å². The van der Waals surface area contributed by atoms with Crippen molar-refractivity contribution in [1.29, 1.82) is 0 Å². The third-order valence-corrected chi connectivity index (χ3v) is 3.84. The molecule has 16 heavy (non-hydrogen) atoms. The van der Waals surface area contributed by atoms with E-state index in [1.54, 1.807) is 0 Å². The molecule has 1 saturated heterocycles. The number of nitrogens with one attached hydrogen (secondary N) is 1. The van der Waals surface area contributed by atoms with Crippen LogP contribution >= 0.6 is 0 Å². The summed E-state index contributed by atoms with van der Waals surface area (Å²) >= 11 is 0. The predicted octanol–water partition coefficient (Wildman–Crippen LogP) is 2.14. The van der Waals surface area contributed by atoms with Gasteiger partial charge in [0, 0.05) is 5.54 Å². The molecule has 1 aliphatic rings. The second-order valence-electron chi connectivity index (χ2n) is 5.05. The molecule has 0 saturated carbocycles. The summed E-state index contributed by atoms with van der Waals surface area (Å²) in [6.45, 7) is 4.41. The molecule has 1 aliphatic heterocycles. The van der Waals surface area contributed by atoms with Crippen molar-refractivity contribution in [2.75, 3.05) is 27.2 Å². The number of piperidine rings is 1. The second-order valence-corrected chi connectivity index (χ2v) is 5.05. The summed E-state index contributed by atoms with van der Waals surface area (Å²) in [5.74, 6) is 0. The smallest absolute Gasteiger partial charge is 0.0479 e. The number of rotatable bonds is 2. The molecule has 0 amide bonds. The van der Waals surface area contributed by atoms with Gasteiger partial charge in [-0.05, 0) is 52.5 Å². The van der Waals surface area contributed by atoms with E-state index in [0.29, 0.717) is 0 Å². The largest absolute Gasteiger partial charge is 0.317 e. The van der Waals surface area contributed by atoms with E-state index in [2.05, 4.69) is 55.5 Å². The van der Waals surface area contributed by atoms with E-state index < -0.39 is 0 Å². The van der Waals surface area contributed by atoms with Crippen LogP contribution in [0.4, 0.5) is 0 Å². The predicted molar refractivity (Wildman–Crippen MR) is 68.6 cm³/mol. The van der Waals surface area contributed by atoms with Crippen LogP contribution in [0.5, 0.6) is 0 Å². The van der Waals surface area contributed by atoms with Crippen molar-refractivity contribution in [2.24, 2.45) is 0 Å². The first kappa shape index (κ1) is 11.6. The maximum absolute atomic E-state index is 3.45. The van der Waals surface area contributed by atoms with E-state index >= 15 is 0 Å². The third kappa shape index (κ3) is 2.00. The number of aryl methyl sites for hydroxylation is 1. The molecule has 1 N–H and O–H groups in total. The van der Waals surface area contributed by atoms with E-state index in [4.69, 9.17) is 0 Å². The van der Waals surface area contributed by atoms with Gasteiger partial charge in [0.25, 0.3) is 0 Å². The Balaban J connectivity index is 2.38. The molecule has 88 valence electrons. The van der Waals surface area contributed by atoms with E-state index in [0.717, 1.165) is 13.1 Å². The van der Waals surface area contributed by atoms with Gasteiger partial charge in [0.05, 0.1) is 0 Å². The standard InChI is InChI=1S/C14H22N2/c1-12-5-4-6-13(11-12)14(16(2)3)7-9-15-10-8-14/h4-6,11,15H,7-10H2,1-3H3. The monoisotopic (exact) mass is 218 g/mol. The SMILES string of the molecule is Cc1cccc(C2(N(C)C)CCNCC2)c1. The third-order valence-electron chi connectivity index (χ3n) is 3.84. The molecule has 0 aromatic heterocycles. The highest BCUT2D eigenvalue weighted by atomic mass is 15.2. The Morgan fingerprint density at radius 1 is 1.19 bits per heavy atom. The van der Waals surface area contributed by atoms with Crippen molar-refractivity contribution in [3.63, 3.8) is 0 Å². The average molecular weight is 218 g/mol. The van der Waals surface area contributed by atoms with Crippen LogP contribution in [0.2, 0.25) is 0 Å². The molecule has 0 atom stereocenters. The zero-order chi connectivity index (χ0) is 11.6. The van der Waals surface area contributed by atoms with Gasteiger partial charge in [-0.3, -0.25) is 4.90 Å². The normalized spacial score (nSPS) is 20.0. The molecular formula is C14H22N2. The zero-order valence-corrected chi connectivity index (χ0v) is 10.6. The minimum absolute atomic E-state index is 0.233. The highest BCUT2D eigenvalue weighted by Gasteiger charge is 2.35. The molecule has 0 unspecified atom stereocenters. The van der Waals surface area contributed by atoms with Crippen molar-refractivity contribution >= 4 is 0 Å². The molecule has 0 bridgehead atoms. The summed E-state index contributed by atoms with van der Waals surface area (Å²) in [5, 5.41) is 3.45. The summed E-state index contributed by atoms with van der Waals surface area (Å²) in [5.41, 5.74) is 3.06. The summed E-state index contributed by atoms with van der Waals surface area (Å²) < 4.78 is 0. The first-order valence-electron chi connectivity index (χ1n) is 6.10. The Bertz CT molecular complexity index is 352.